The predicted octanol–water partition coefficient (Wildman–Crippen LogP) is 3.58. The van der Waals surface area contributed by atoms with Crippen molar-refractivity contribution >= 4 is 37.3 Å². The van der Waals surface area contributed by atoms with Crippen LogP contribution < -0.4 is 11.0 Å². The van der Waals surface area contributed by atoms with Gasteiger partial charge in [-0.2, -0.15) is 0 Å². The largest absolute Gasteiger partial charge is 0.385 e. The van der Waals surface area contributed by atoms with Crippen molar-refractivity contribution in [2.75, 3.05) is 13.7 Å². The fraction of sp³-hybridized carbons (Fsp3) is 0.190. The van der Waals surface area contributed by atoms with Gasteiger partial charge in [0.2, 0.25) is 5.43 Å². The summed E-state index contributed by atoms with van der Waals surface area (Å²) in [5, 5.41) is 11.5. The Morgan fingerprint density at radius 3 is 2.57 bits per heavy atom. The van der Waals surface area contributed by atoms with Crippen LogP contribution in [0.15, 0.2) is 58.1 Å². The van der Waals surface area contributed by atoms with Gasteiger partial charge in [0.15, 0.2) is 0 Å². The minimum Gasteiger partial charge on any atom is -0.385 e. The van der Waals surface area contributed by atoms with E-state index in [0.29, 0.717) is 41.2 Å². The molecule has 0 fully saturated rings. The van der Waals surface area contributed by atoms with Gasteiger partial charge < -0.3 is 4.74 Å². The minimum atomic E-state index is -0.485. The number of hydrogen-bond donors (Lipinski definition) is 0. The summed E-state index contributed by atoms with van der Waals surface area (Å²) in [6.45, 7) is 0.744. The van der Waals surface area contributed by atoms with Crippen LogP contribution in [0.5, 0.6) is 0 Å². The molecular weight excluding hydrogens is 406 g/mol. The maximum Gasteiger partial charge on any atom is 0.269 e. The van der Waals surface area contributed by atoms with E-state index >= 15 is 0 Å². The van der Waals surface area contributed by atoms with E-state index in [2.05, 4.69) is 4.98 Å². The fourth-order valence-electron chi connectivity index (χ4n) is 3.31. The predicted molar refractivity (Wildman–Crippen MR) is 116 cm³/mol. The summed E-state index contributed by atoms with van der Waals surface area (Å²) in [5.41, 5.74) is -0.252. The van der Waals surface area contributed by atoms with E-state index in [1.54, 1.807) is 31.4 Å². The summed E-state index contributed by atoms with van der Waals surface area (Å²) in [4.78, 5) is 41.8. The van der Waals surface area contributed by atoms with Crippen molar-refractivity contribution in [3.63, 3.8) is 0 Å². The highest BCUT2D eigenvalue weighted by Crippen LogP contribution is 2.26. The molecule has 30 heavy (non-hydrogen) atoms. The van der Waals surface area contributed by atoms with Crippen LogP contribution in [-0.4, -0.2) is 28.2 Å². The zero-order valence-corrected chi connectivity index (χ0v) is 16.8. The highest BCUT2D eigenvalue weighted by Gasteiger charge is 2.18. The summed E-state index contributed by atoms with van der Waals surface area (Å²) < 4.78 is 7.28. The number of nitro benzene ring substituents is 1. The third kappa shape index (κ3) is 3.49. The first-order valence-corrected chi connectivity index (χ1v) is 10.0. The molecular formula is C21H17N3O5S. The van der Waals surface area contributed by atoms with Crippen molar-refractivity contribution in [2.45, 2.75) is 13.0 Å². The second kappa shape index (κ2) is 8.13. The molecule has 152 valence electrons. The van der Waals surface area contributed by atoms with Crippen molar-refractivity contribution in [1.29, 1.82) is 0 Å². The highest BCUT2D eigenvalue weighted by molar-refractivity contribution is 7.24. The first-order valence-electron chi connectivity index (χ1n) is 9.21. The van der Waals surface area contributed by atoms with Gasteiger partial charge in [0.05, 0.1) is 4.92 Å². The Morgan fingerprint density at radius 2 is 1.87 bits per heavy atom. The number of nitro groups is 1. The van der Waals surface area contributed by atoms with Crippen LogP contribution in [-0.2, 0) is 11.3 Å². The Bertz CT molecular complexity index is 1380. The van der Waals surface area contributed by atoms with E-state index in [0.717, 1.165) is 4.70 Å². The molecule has 0 aliphatic rings. The molecule has 0 atom stereocenters. The van der Waals surface area contributed by atoms with E-state index in [-0.39, 0.29) is 16.5 Å². The number of hydrogen-bond acceptors (Lipinski definition) is 7. The van der Waals surface area contributed by atoms with Gasteiger partial charge in [0.1, 0.15) is 16.0 Å². The van der Waals surface area contributed by atoms with Gasteiger partial charge in [-0.15, -0.1) is 11.3 Å². The average molecular weight is 423 g/mol. The molecule has 2 heterocycles. The molecule has 0 N–H and O–H groups in total. The van der Waals surface area contributed by atoms with Crippen LogP contribution >= 0.6 is 11.3 Å². The van der Waals surface area contributed by atoms with Crippen LogP contribution in [0, 0.1) is 10.1 Å². The van der Waals surface area contributed by atoms with Gasteiger partial charge in [-0.1, -0.05) is 12.1 Å². The van der Waals surface area contributed by atoms with Crippen LogP contribution in [0.4, 0.5) is 5.69 Å². The Balaban J connectivity index is 2.00. The van der Waals surface area contributed by atoms with Crippen LogP contribution in [0.1, 0.15) is 6.42 Å². The molecule has 0 unspecified atom stereocenters. The number of nitrogens with zero attached hydrogens (tertiary/aromatic N) is 3. The number of aromatic nitrogens is 2. The molecule has 0 saturated heterocycles. The Hall–Kier alpha value is -3.43. The third-order valence-corrected chi connectivity index (χ3v) is 5.83. The second-order valence-corrected chi connectivity index (χ2v) is 7.68. The molecule has 0 radical (unpaired) electrons. The number of non-ortho nitro benzene ring substituents is 1. The van der Waals surface area contributed by atoms with Gasteiger partial charge in [0, 0.05) is 48.0 Å². The van der Waals surface area contributed by atoms with Crippen molar-refractivity contribution in [3.05, 3.63) is 79.2 Å². The molecule has 4 rings (SSSR count). The number of methoxy groups -OCH3 is 1. The quantitative estimate of drug-likeness (QED) is 0.203. The van der Waals surface area contributed by atoms with E-state index in [1.165, 1.54) is 28.0 Å². The Labute approximate surface area is 174 Å². The molecule has 0 aliphatic heterocycles. The number of benzene rings is 2. The lowest BCUT2D eigenvalue weighted by molar-refractivity contribution is -0.384. The maximum absolute atomic E-state index is 13.3. The summed E-state index contributed by atoms with van der Waals surface area (Å²) in [6, 6.07) is 13.0. The van der Waals surface area contributed by atoms with E-state index in [9.17, 15) is 19.7 Å². The van der Waals surface area contributed by atoms with Crippen LogP contribution in [0.2, 0.25) is 0 Å². The monoisotopic (exact) mass is 423 g/mol. The topological polar surface area (TPSA) is 104 Å². The molecule has 0 aliphatic carbocycles. The number of fused-ring (bicyclic) bond motifs is 2. The van der Waals surface area contributed by atoms with E-state index < -0.39 is 10.5 Å². The SMILES string of the molecule is COCCCn1c(-c2ccc([N+](=O)[O-])cc2)nc2sc3ccccc3c(=O)c2c1=O. The maximum atomic E-state index is 13.3. The molecule has 8 nitrogen and oxygen atoms in total. The van der Waals surface area contributed by atoms with Gasteiger partial charge in [-0.25, -0.2) is 4.98 Å². The summed E-state index contributed by atoms with van der Waals surface area (Å²) in [7, 11) is 1.57. The molecule has 2 aromatic heterocycles. The Morgan fingerprint density at radius 1 is 1.13 bits per heavy atom. The molecule has 0 bridgehead atoms. The number of ether oxygens (including phenoxy) is 1. The second-order valence-electron chi connectivity index (χ2n) is 6.65. The molecule has 0 saturated carbocycles. The molecule has 4 aromatic rings. The highest BCUT2D eigenvalue weighted by atomic mass is 32.1. The van der Waals surface area contributed by atoms with Gasteiger partial charge in [-0.05, 0) is 30.7 Å². The average Bonchev–Trinajstić information content (AvgIpc) is 2.75. The van der Waals surface area contributed by atoms with Crippen molar-refractivity contribution in [1.82, 2.24) is 9.55 Å². The third-order valence-electron chi connectivity index (χ3n) is 4.77. The standard InChI is InChI=1S/C21H17N3O5S/c1-29-12-4-11-23-19(13-7-9-14(10-8-13)24(27)28)22-20-17(21(23)26)18(25)15-5-2-3-6-16(15)30-20/h2-3,5-10H,4,11-12H2,1H3. The van der Waals surface area contributed by atoms with Crippen LogP contribution in [0.25, 0.3) is 31.7 Å². The van der Waals surface area contributed by atoms with E-state index in [4.69, 9.17) is 4.74 Å². The normalized spacial score (nSPS) is 11.2. The number of rotatable bonds is 6. The van der Waals surface area contributed by atoms with Crippen molar-refractivity contribution in [2.24, 2.45) is 0 Å². The summed E-state index contributed by atoms with van der Waals surface area (Å²) in [5.74, 6) is 0.365. The van der Waals surface area contributed by atoms with Crippen LogP contribution in [0.3, 0.4) is 0 Å². The summed E-state index contributed by atoms with van der Waals surface area (Å²) in [6.07, 6.45) is 0.550. The lowest BCUT2D eigenvalue weighted by atomic mass is 10.1. The lowest BCUT2D eigenvalue weighted by Gasteiger charge is -2.13. The van der Waals surface area contributed by atoms with E-state index in [1.807, 2.05) is 12.1 Å². The van der Waals surface area contributed by atoms with Crippen molar-refractivity contribution in [3.8, 4) is 11.4 Å². The minimum absolute atomic E-state index is 0.0523. The van der Waals surface area contributed by atoms with Crippen molar-refractivity contribution < 1.29 is 9.66 Å². The molecule has 0 spiro atoms. The fourth-order valence-corrected chi connectivity index (χ4v) is 4.35. The van der Waals surface area contributed by atoms with Gasteiger partial charge in [-0.3, -0.25) is 24.3 Å². The first kappa shape index (κ1) is 19.9. The molecule has 0 amide bonds. The summed E-state index contributed by atoms with van der Waals surface area (Å²) >= 11 is 1.28. The van der Waals surface area contributed by atoms with Gasteiger partial charge >= 0.3 is 0 Å². The Kier molecular flexibility index (Phi) is 5.39. The lowest BCUT2D eigenvalue weighted by Crippen LogP contribution is -2.27. The smallest absolute Gasteiger partial charge is 0.269 e. The zero-order valence-electron chi connectivity index (χ0n) is 16.0. The molecule has 2 aromatic carbocycles. The zero-order chi connectivity index (χ0) is 21.3. The molecule has 9 heteroatoms. The van der Waals surface area contributed by atoms with Gasteiger partial charge in [0.25, 0.3) is 11.2 Å². The first-order chi connectivity index (χ1) is 14.5.